The minimum absolute atomic E-state index is 0.000356. The van der Waals surface area contributed by atoms with Gasteiger partial charge in [0.1, 0.15) is 5.82 Å². The van der Waals surface area contributed by atoms with Crippen molar-refractivity contribution in [3.63, 3.8) is 0 Å². The van der Waals surface area contributed by atoms with Crippen LogP contribution in [-0.2, 0) is 23.0 Å². The predicted molar refractivity (Wildman–Crippen MR) is 107 cm³/mol. The van der Waals surface area contributed by atoms with Crippen LogP contribution in [0.5, 0.6) is 0 Å². The minimum atomic E-state index is -3.87. The molecule has 0 spiro atoms. The summed E-state index contributed by atoms with van der Waals surface area (Å²) >= 11 is 1.45. The van der Waals surface area contributed by atoms with Crippen LogP contribution in [-0.4, -0.2) is 29.4 Å². The number of sulfonamides is 1. The highest BCUT2D eigenvalue weighted by Crippen LogP contribution is 2.24. The third-order valence-electron chi connectivity index (χ3n) is 4.26. The van der Waals surface area contributed by atoms with Gasteiger partial charge in [-0.15, -0.1) is 10.2 Å². The quantitative estimate of drug-likeness (QED) is 0.565. The summed E-state index contributed by atoms with van der Waals surface area (Å²) in [6.45, 7) is 2.57. The van der Waals surface area contributed by atoms with Gasteiger partial charge in [-0.1, -0.05) is 42.1 Å². The Morgan fingerprint density at radius 1 is 1.11 bits per heavy atom. The van der Waals surface area contributed by atoms with E-state index in [9.17, 15) is 12.8 Å². The van der Waals surface area contributed by atoms with Crippen LogP contribution in [0.25, 0.3) is 0 Å². The molecule has 0 aliphatic carbocycles. The lowest BCUT2D eigenvalue weighted by Gasteiger charge is -2.19. The van der Waals surface area contributed by atoms with Crippen LogP contribution < -0.4 is 4.72 Å². The molecule has 9 heteroatoms. The third-order valence-corrected chi connectivity index (χ3v) is 6.41. The summed E-state index contributed by atoms with van der Waals surface area (Å²) in [6.07, 6.45) is 2.31. The zero-order valence-electron chi connectivity index (χ0n) is 15.5. The zero-order chi connectivity index (χ0) is 20.1. The van der Waals surface area contributed by atoms with Crippen LogP contribution in [0.2, 0.25) is 0 Å². The summed E-state index contributed by atoms with van der Waals surface area (Å²) in [6, 6.07) is 13.7. The van der Waals surface area contributed by atoms with Crippen molar-refractivity contribution in [1.82, 2.24) is 19.5 Å². The second kappa shape index (κ2) is 8.85. The van der Waals surface area contributed by atoms with Crippen molar-refractivity contribution in [3.8, 4) is 0 Å². The fourth-order valence-corrected chi connectivity index (χ4v) is 4.67. The molecule has 0 aliphatic rings. The normalized spacial score (nSPS) is 12.8. The molecule has 0 amide bonds. The van der Waals surface area contributed by atoms with E-state index in [1.807, 2.05) is 48.1 Å². The van der Waals surface area contributed by atoms with Crippen molar-refractivity contribution in [1.29, 1.82) is 0 Å². The number of benzene rings is 2. The van der Waals surface area contributed by atoms with Gasteiger partial charge < -0.3 is 4.57 Å². The lowest BCUT2D eigenvalue weighted by molar-refractivity contribution is 0.517. The number of halogens is 1. The van der Waals surface area contributed by atoms with Crippen LogP contribution in [0.3, 0.4) is 0 Å². The summed E-state index contributed by atoms with van der Waals surface area (Å²) in [5.41, 5.74) is 0.964. The molecule has 0 saturated carbocycles. The van der Waals surface area contributed by atoms with Crippen LogP contribution >= 0.6 is 11.8 Å². The molecule has 1 aromatic heterocycles. The molecular formula is C19H21FN4O2S2. The van der Waals surface area contributed by atoms with E-state index < -0.39 is 21.9 Å². The first kappa shape index (κ1) is 20.5. The highest BCUT2D eigenvalue weighted by Gasteiger charge is 2.27. The van der Waals surface area contributed by atoms with Gasteiger partial charge in [0, 0.05) is 6.54 Å². The number of thioether (sulfide) groups is 1. The monoisotopic (exact) mass is 420 g/mol. The first-order valence-corrected chi connectivity index (χ1v) is 11.4. The van der Waals surface area contributed by atoms with Crippen LogP contribution in [0.1, 0.15) is 24.4 Å². The molecule has 0 unspecified atom stereocenters. The largest absolute Gasteiger partial charge is 0.305 e. The molecule has 0 saturated heterocycles. The molecule has 28 heavy (non-hydrogen) atoms. The summed E-state index contributed by atoms with van der Waals surface area (Å²) in [5.74, 6) is 0.0523. The van der Waals surface area contributed by atoms with Gasteiger partial charge in [0.25, 0.3) is 0 Å². The molecule has 1 heterocycles. The van der Waals surface area contributed by atoms with Gasteiger partial charge >= 0.3 is 0 Å². The van der Waals surface area contributed by atoms with Crippen molar-refractivity contribution >= 4 is 21.8 Å². The van der Waals surface area contributed by atoms with Crippen molar-refractivity contribution < 1.29 is 12.8 Å². The summed E-state index contributed by atoms with van der Waals surface area (Å²) in [5, 5.41) is 9.14. The lowest BCUT2D eigenvalue weighted by Crippen LogP contribution is -2.32. The van der Waals surface area contributed by atoms with Gasteiger partial charge in [-0.25, -0.2) is 17.5 Å². The molecular weight excluding hydrogens is 399 g/mol. The van der Waals surface area contributed by atoms with E-state index in [1.165, 1.54) is 23.9 Å². The first-order chi connectivity index (χ1) is 13.4. The topological polar surface area (TPSA) is 76.9 Å². The SMILES string of the molecule is CCn1c(SC)nnc1[C@@H](Cc1ccccc1)NS(=O)(=O)c1ccc(F)cc1. The maximum Gasteiger partial charge on any atom is 0.241 e. The smallest absolute Gasteiger partial charge is 0.241 e. The Labute approximate surface area is 168 Å². The van der Waals surface area contributed by atoms with Crippen LogP contribution in [0, 0.1) is 5.82 Å². The number of aromatic nitrogens is 3. The molecule has 0 bridgehead atoms. The van der Waals surface area contributed by atoms with Gasteiger partial charge in [-0.2, -0.15) is 0 Å². The molecule has 0 aliphatic heterocycles. The molecule has 0 fully saturated rings. The summed E-state index contributed by atoms with van der Waals surface area (Å²) in [7, 11) is -3.87. The van der Waals surface area contributed by atoms with E-state index in [0.717, 1.165) is 22.9 Å². The van der Waals surface area contributed by atoms with Crippen molar-refractivity contribution in [3.05, 3.63) is 71.8 Å². The Bertz CT molecular complexity index is 1020. The Morgan fingerprint density at radius 3 is 2.39 bits per heavy atom. The van der Waals surface area contributed by atoms with Crippen molar-refractivity contribution in [2.24, 2.45) is 0 Å². The second-order valence-electron chi connectivity index (χ2n) is 6.11. The average molecular weight is 421 g/mol. The molecule has 3 rings (SSSR count). The first-order valence-electron chi connectivity index (χ1n) is 8.73. The van der Waals surface area contributed by atoms with E-state index in [2.05, 4.69) is 14.9 Å². The van der Waals surface area contributed by atoms with Gasteiger partial charge in [0.2, 0.25) is 10.0 Å². The molecule has 0 radical (unpaired) electrons. The van der Waals surface area contributed by atoms with E-state index in [1.54, 1.807) is 0 Å². The van der Waals surface area contributed by atoms with E-state index >= 15 is 0 Å². The maximum atomic E-state index is 13.2. The number of rotatable bonds is 8. The summed E-state index contributed by atoms with van der Waals surface area (Å²) < 4.78 is 43.6. The lowest BCUT2D eigenvalue weighted by atomic mass is 10.1. The van der Waals surface area contributed by atoms with Gasteiger partial charge in [-0.3, -0.25) is 0 Å². The van der Waals surface area contributed by atoms with E-state index in [-0.39, 0.29) is 4.90 Å². The number of hydrogen-bond donors (Lipinski definition) is 1. The third kappa shape index (κ3) is 4.60. The Kier molecular flexibility index (Phi) is 6.48. The van der Waals surface area contributed by atoms with E-state index in [0.29, 0.717) is 18.8 Å². The van der Waals surface area contributed by atoms with Crippen molar-refractivity contribution in [2.75, 3.05) is 6.26 Å². The second-order valence-corrected chi connectivity index (χ2v) is 8.59. The van der Waals surface area contributed by atoms with E-state index in [4.69, 9.17) is 0 Å². The minimum Gasteiger partial charge on any atom is -0.305 e. The Balaban J connectivity index is 1.99. The fourth-order valence-electron chi connectivity index (χ4n) is 2.91. The van der Waals surface area contributed by atoms with Crippen molar-refractivity contribution in [2.45, 2.75) is 36.0 Å². The number of nitrogens with one attached hydrogen (secondary N) is 1. The van der Waals surface area contributed by atoms with Crippen LogP contribution in [0.4, 0.5) is 4.39 Å². The predicted octanol–water partition coefficient (Wildman–Crippen LogP) is 3.42. The molecule has 1 N–H and O–H groups in total. The Hall–Kier alpha value is -2.23. The molecule has 1 atom stereocenters. The van der Waals surface area contributed by atoms with Gasteiger partial charge in [0.05, 0.1) is 10.9 Å². The fraction of sp³-hybridized carbons (Fsp3) is 0.263. The highest BCUT2D eigenvalue weighted by atomic mass is 32.2. The molecule has 148 valence electrons. The maximum absolute atomic E-state index is 13.2. The Morgan fingerprint density at radius 2 is 1.79 bits per heavy atom. The van der Waals surface area contributed by atoms with Crippen LogP contribution in [0.15, 0.2) is 64.6 Å². The molecule has 2 aromatic carbocycles. The standard InChI is InChI=1S/C19H21FN4O2S2/c1-3-24-18(21-22-19(24)27-2)17(13-14-7-5-4-6-8-14)23-28(25,26)16-11-9-15(20)10-12-16/h4-12,17,23H,3,13H2,1-2H3/t17-/m1/s1. The number of hydrogen-bond acceptors (Lipinski definition) is 5. The number of nitrogens with zero attached hydrogens (tertiary/aromatic N) is 3. The molecule has 3 aromatic rings. The van der Waals surface area contributed by atoms with Gasteiger partial charge in [-0.05, 0) is 49.4 Å². The average Bonchev–Trinajstić information content (AvgIpc) is 3.11. The zero-order valence-corrected chi connectivity index (χ0v) is 17.2. The molecule has 6 nitrogen and oxygen atoms in total. The van der Waals surface area contributed by atoms with Gasteiger partial charge in [0.15, 0.2) is 11.0 Å². The highest BCUT2D eigenvalue weighted by molar-refractivity contribution is 7.98. The summed E-state index contributed by atoms with van der Waals surface area (Å²) in [4.78, 5) is -0.000356.